The smallest absolute Gasteiger partial charge is 0.421 e. The van der Waals surface area contributed by atoms with Gasteiger partial charge in [0.25, 0.3) is 10.0 Å². The molecule has 1 saturated carbocycles. The number of hydrogen-bond donors (Lipinski definition) is 1. The van der Waals surface area contributed by atoms with E-state index < -0.39 is 38.3 Å². The van der Waals surface area contributed by atoms with Crippen molar-refractivity contribution >= 4 is 16.1 Å². The second-order valence-electron chi connectivity index (χ2n) is 11.1. The normalized spacial score (nSPS) is 18.1. The maximum Gasteiger partial charge on any atom is 0.421 e. The Labute approximate surface area is 239 Å². The van der Waals surface area contributed by atoms with Crippen LogP contribution < -0.4 is 14.2 Å². The zero-order valence-electron chi connectivity index (χ0n) is 24.0. The minimum absolute atomic E-state index is 0.0588. The van der Waals surface area contributed by atoms with Gasteiger partial charge in [-0.05, 0) is 55.0 Å². The molecule has 4 rings (SSSR count). The van der Waals surface area contributed by atoms with E-state index >= 15 is 4.39 Å². The van der Waals surface area contributed by atoms with Gasteiger partial charge in [0.15, 0.2) is 0 Å². The molecule has 1 fully saturated rings. The summed E-state index contributed by atoms with van der Waals surface area (Å²) in [5.41, 5.74) is 0.344. The van der Waals surface area contributed by atoms with E-state index in [-0.39, 0.29) is 29.1 Å². The van der Waals surface area contributed by atoms with Gasteiger partial charge in [-0.3, -0.25) is 4.68 Å². The summed E-state index contributed by atoms with van der Waals surface area (Å²) in [6.45, 7) is 5.08. The van der Waals surface area contributed by atoms with Crippen molar-refractivity contribution in [1.82, 2.24) is 14.1 Å². The van der Waals surface area contributed by atoms with Gasteiger partial charge in [-0.15, -0.1) is 0 Å². The van der Waals surface area contributed by atoms with E-state index in [9.17, 15) is 18.3 Å². The highest BCUT2D eigenvalue weighted by atomic mass is 32.2. The van der Waals surface area contributed by atoms with Gasteiger partial charge in [-0.2, -0.15) is 9.40 Å². The van der Waals surface area contributed by atoms with E-state index in [0.29, 0.717) is 10.1 Å². The van der Waals surface area contributed by atoms with E-state index in [1.165, 1.54) is 26.4 Å². The molecule has 12 heteroatoms. The molecule has 41 heavy (non-hydrogen) atoms. The van der Waals surface area contributed by atoms with Crippen molar-refractivity contribution in [3.63, 3.8) is 0 Å². The van der Waals surface area contributed by atoms with Crippen molar-refractivity contribution in [2.45, 2.75) is 63.0 Å². The predicted molar refractivity (Wildman–Crippen MR) is 149 cm³/mol. The van der Waals surface area contributed by atoms with E-state index in [1.54, 1.807) is 43.8 Å². The van der Waals surface area contributed by atoms with Crippen LogP contribution in [0.25, 0.3) is 0 Å². The van der Waals surface area contributed by atoms with Crippen LogP contribution in [0.15, 0.2) is 53.6 Å². The molecule has 0 spiro atoms. The molecule has 222 valence electrons. The lowest BCUT2D eigenvalue weighted by molar-refractivity contribution is 0.127. The van der Waals surface area contributed by atoms with Crippen LogP contribution in [0.5, 0.6) is 17.2 Å². The van der Waals surface area contributed by atoms with Crippen LogP contribution in [-0.2, 0) is 17.1 Å². The number of hydrogen-bond acceptors (Lipinski definition) is 7. The van der Waals surface area contributed by atoms with Gasteiger partial charge in [-0.25, -0.2) is 17.6 Å². The van der Waals surface area contributed by atoms with Gasteiger partial charge in [-0.1, -0.05) is 20.8 Å². The summed E-state index contributed by atoms with van der Waals surface area (Å²) in [6.07, 6.45) is 2.27. The van der Waals surface area contributed by atoms with Crippen molar-refractivity contribution in [1.29, 1.82) is 0 Å². The Bertz CT molecular complexity index is 1520. The molecule has 0 bridgehead atoms. The second-order valence-corrected chi connectivity index (χ2v) is 12.9. The molecular formula is C29H36FN3O7S. The number of methoxy groups -OCH3 is 2. The minimum Gasteiger partial charge on any atom is -0.497 e. The number of halogens is 1. The fourth-order valence-electron chi connectivity index (χ4n) is 5.54. The number of nitrogens with zero attached hydrogens (tertiary/aromatic N) is 3. The lowest BCUT2D eigenvalue weighted by Gasteiger charge is -2.38. The SMILES string of the molecule is COc1ccc(C(N(C(=O)O)S(=O)(=O)c2ccc(O[C@H]3CCC[C@@H]3c3ccnn3C)cc2F)C(C)(C)C)c(OC)c1. The third-order valence-corrected chi connectivity index (χ3v) is 9.17. The molecule has 10 nitrogen and oxygen atoms in total. The Morgan fingerprint density at radius 1 is 1.10 bits per heavy atom. The van der Waals surface area contributed by atoms with Crippen LogP contribution >= 0.6 is 0 Å². The third kappa shape index (κ3) is 5.97. The lowest BCUT2D eigenvalue weighted by atomic mass is 9.82. The zero-order chi connectivity index (χ0) is 30.1. The van der Waals surface area contributed by atoms with Crippen molar-refractivity contribution in [3.05, 3.63) is 65.7 Å². The minimum atomic E-state index is -4.89. The monoisotopic (exact) mass is 589 g/mol. The molecular weight excluding hydrogens is 553 g/mol. The first kappa shape index (κ1) is 30.2. The largest absolute Gasteiger partial charge is 0.497 e. The van der Waals surface area contributed by atoms with Crippen molar-refractivity contribution in [2.24, 2.45) is 12.5 Å². The number of rotatable bonds is 9. The van der Waals surface area contributed by atoms with Crippen LogP contribution in [0.3, 0.4) is 0 Å². The Balaban J connectivity index is 1.71. The van der Waals surface area contributed by atoms with Crippen molar-refractivity contribution in [2.75, 3.05) is 14.2 Å². The van der Waals surface area contributed by atoms with Gasteiger partial charge in [0.05, 0.1) is 20.3 Å². The first-order valence-electron chi connectivity index (χ1n) is 13.2. The molecule has 1 unspecified atom stereocenters. The Kier molecular flexibility index (Phi) is 8.53. The number of carboxylic acid groups (broad SMARTS) is 1. The molecule has 2 aromatic carbocycles. The van der Waals surface area contributed by atoms with Crippen LogP contribution in [0.1, 0.15) is 63.3 Å². The molecule has 0 saturated heterocycles. The highest BCUT2D eigenvalue weighted by molar-refractivity contribution is 7.89. The fraction of sp³-hybridized carbons (Fsp3) is 0.448. The fourth-order valence-corrected chi connectivity index (χ4v) is 7.21. The first-order chi connectivity index (χ1) is 19.3. The molecule has 1 aliphatic carbocycles. The van der Waals surface area contributed by atoms with Gasteiger partial charge >= 0.3 is 6.09 Å². The first-order valence-corrected chi connectivity index (χ1v) is 14.7. The summed E-state index contributed by atoms with van der Waals surface area (Å²) in [7, 11) is -0.189. The second kappa shape index (κ2) is 11.6. The molecule has 3 atom stereocenters. The van der Waals surface area contributed by atoms with Gasteiger partial charge in [0.1, 0.15) is 34.1 Å². The summed E-state index contributed by atoms with van der Waals surface area (Å²) < 4.78 is 62.2. The average Bonchev–Trinajstić information content (AvgIpc) is 3.53. The van der Waals surface area contributed by atoms with Gasteiger partial charge in [0, 0.05) is 42.6 Å². The topological polar surface area (TPSA) is 120 Å². The Morgan fingerprint density at radius 3 is 2.37 bits per heavy atom. The van der Waals surface area contributed by atoms with E-state index in [0.717, 1.165) is 37.1 Å². The Morgan fingerprint density at radius 2 is 1.80 bits per heavy atom. The highest BCUT2D eigenvalue weighted by Crippen LogP contribution is 2.46. The van der Waals surface area contributed by atoms with Gasteiger partial charge in [0.2, 0.25) is 0 Å². The number of aryl methyl sites for hydroxylation is 1. The molecule has 0 radical (unpaired) electrons. The lowest BCUT2D eigenvalue weighted by Crippen LogP contribution is -2.44. The zero-order valence-corrected chi connectivity index (χ0v) is 24.8. The summed E-state index contributed by atoms with van der Waals surface area (Å²) >= 11 is 0. The summed E-state index contributed by atoms with van der Waals surface area (Å²) in [5, 5.41) is 14.5. The standard InChI is InChI=1S/C29H36FN3O7S/c1-29(2,3)27(21-12-10-18(38-5)17-25(21)39-6)33(28(34)35)41(36,37)26-13-11-19(16-22(26)30)40-24-9-7-8-20(24)23-14-15-31-32(23)4/h10-17,20,24,27H,7-9H2,1-6H3,(H,34,35)/t20-,24+,27?/m1/s1. The predicted octanol–water partition coefficient (Wildman–Crippen LogP) is 5.75. The molecule has 1 amide bonds. The number of carbonyl (C=O) groups is 1. The molecule has 3 aromatic rings. The Hall–Kier alpha value is -3.80. The summed E-state index contributed by atoms with van der Waals surface area (Å²) in [4.78, 5) is 11.8. The quantitative estimate of drug-likeness (QED) is 0.335. The molecule has 1 heterocycles. The van der Waals surface area contributed by atoms with E-state index in [4.69, 9.17) is 14.2 Å². The number of aromatic nitrogens is 2. The molecule has 0 aliphatic heterocycles. The average molecular weight is 590 g/mol. The maximum absolute atomic E-state index is 15.6. The number of amides is 1. The van der Waals surface area contributed by atoms with Crippen LogP contribution in [0.4, 0.5) is 9.18 Å². The van der Waals surface area contributed by atoms with E-state index in [2.05, 4.69) is 5.10 Å². The molecule has 1 aliphatic rings. The van der Waals surface area contributed by atoms with Crippen LogP contribution in [0, 0.1) is 11.2 Å². The molecule has 1 N–H and O–H groups in total. The van der Waals surface area contributed by atoms with E-state index in [1.807, 2.05) is 13.1 Å². The third-order valence-electron chi connectivity index (χ3n) is 7.40. The van der Waals surface area contributed by atoms with Crippen molar-refractivity contribution in [3.8, 4) is 17.2 Å². The highest BCUT2D eigenvalue weighted by Gasteiger charge is 2.45. The van der Waals surface area contributed by atoms with Crippen molar-refractivity contribution < 1.29 is 36.9 Å². The number of ether oxygens (including phenoxy) is 3. The molecule has 1 aromatic heterocycles. The van der Waals surface area contributed by atoms with Gasteiger partial charge < -0.3 is 19.3 Å². The van der Waals surface area contributed by atoms with Crippen LogP contribution in [-0.4, -0.2) is 54.0 Å². The summed E-state index contributed by atoms with van der Waals surface area (Å²) in [5.74, 6) is -0.222. The summed E-state index contributed by atoms with van der Waals surface area (Å²) in [6, 6.07) is 8.72. The number of benzene rings is 2. The number of sulfonamides is 1. The van der Waals surface area contributed by atoms with Crippen LogP contribution in [0.2, 0.25) is 0 Å². The maximum atomic E-state index is 15.6.